The minimum Gasteiger partial charge on any atom is -0.397 e. The van der Waals surface area contributed by atoms with Crippen LogP contribution in [0.4, 0.5) is 15.8 Å². The Kier molecular flexibility index (Phi) is 6.64. The zero-order chi connectivity index (χ0) is 27.1. The number of H-pyrrole nitrogens is 1. The van der Waals surface area contributed by atoms with E-state index in [0.717, 1.165) is 37.3 Å². The number of hydrogen-bond donors (Lipinski definition) is 3. The molecule has 3 heterocycles. The lowest BCUT2D eigenvalue weighted by atomic mass is 9.97. The predicted molar refractivity (Wildman–Crippen MR) is 148 cm³/mol. The Balaban J connectivity index is 1.14. The summed E-state index contributed by atoms with van der Waals surface area (Å²) in [4.78, 5) is 35.8. The van der Waals surface area contributed by atoms with Crippen molar-refractivity contribution in [2.24, 2.45) is 5.92 Å². The first kappa shape index (κ1) is 25.2. The van der Waals surface area contributed by atoms with Crippen LogP contribution in [-0.2, 0) is 6.54 Å². The number of hydrogen-bond acceptors (Lipinski definition) is 6. The molecular formula is C29H32FN7O2. The van der Waals surface area contributed by atoms with Crippen LogP contribution in [0.15, 0.2) is 53.5 Å². The van der Waals surface area contributed by atoms with Gasteiger partial charge in [0.25, 0.3) is 11.5 Å². The Morgan fingerprint density at radius 1 is 1.15 bits per heavy atom. The van der Waals surface area contributed by atoms with Crippen molar-refractivity contribution in [3.63, 3.8) is 0 Å². The van der Waals surface area contributed by atoms with E-state index in [0.29, 0.717) is 40.8 Å². The highest BCUT2D eigenvalue weighted by Crippen LogP contribution is 2.33. The minimum atomic E-state index is -0.466. The van der Waals surface area contributed by atoms with Crippen molar-refractivity contribution in [3.8, 4) is 0 Å². The lowest BCUT2D eigenvalue weighted by Crippen LogP contribution is -2.22. The zero-order valence-corrected chi connectivity index (χ0v) is 21.9. The Morgan fingerprint density at radius 3 is 2.69 bits per heavy atom. The van der Waals surface area contributed by atoms with Crippen LogP contribution in [0.5, 0.6) is 0 Å². The van der Waals surface area contributed by atoms with Crippen LogP contribution in [0.3, 0.4) is 0 Å². The van der Waals surface area contributed by atoms with Gasteiger partial charge in [-0.15, -0.1) is 0 Å². The van der Waals surface area contributed by atoms with Gasteiger partial charge in [-0.1, -0.05) is 31.9 Å². The standard InChI is InChI=1S/C29H32FN7O2/c1-17-14-36(15-18-6-8-19(9-7-18)28(38)33-25-12-20(30)10-11-24(25)31)16-23(17)26-34-27-22(29(39)35-26)13-32-37(27)21-4-2-3-5-21/h6-13,17,21,23H,2-5,14-16,31H2,1H3,(H,33,38)(H,34,35,39). The molecule has 202 valence electrons. The van der Waals surface area contributed by atoms with Gasteiger partial charge < -0.3 is 16.0 Å². The summed E-state index contributed by atoms with van der Waals surface area (Å²) < 4.78 is 15.5. The van der Waals surface area contributed by atoms with Crippen LogP contribution in [0.1, 0.15) is 66.3 Å². The van der Waals surface area contributed by atoms with E-state index in [1.54, 1.807) is 18.3 Å². The fourth-order valence-corrected chi connectivity index (χ4v) is 5.95. The molecular weight excluding hydrogens is 497 g/mol. The number of fused-ring (bicyclic) bond motifs is 1. The number of amides is 1. The van der Waals surface area contributed by atoms with Crippen molar-refractivity contribution in [1.82, 2.24) is 24.6 Å². The molecule has 10 heteroatoms. The van der Waals surface area contributed by atoms with Crippen molar-refractivity contribution >= 4 is 28.3 Å². The zero-order valence-electron chi connectivity index (χ0n) is 21.9. The second-order valence-corrected chi connectivity index (χ2v) is 10.9. The van der Waals surface area contributed by atoms with E-state index < -0.39 is 5.82 Å². The van der Waals surface area contributed by atoms with Crippen molar-refractivity contribution in [1.29, 1.82) is 0 Å². The Labute approximate surface area is 225 Å². The number of aromatic amines is 1. The quantitative estimate of drug-likeness (QED) is 0.318. The molecule has 2 aliphatic rings. The summed E-state index contributed by atoms with van der Waals surface area (Å²) >= 11 is 0. The van der Waals surface area contributed by atoms with Crippen molar-refractivity contribution in [2.75, 3.05) is 24.1 Å². The van der Waals surface area contributed by atoms with Gasteiger partial charge in [-0.05, 0) is 54.7 Å². The Bertz CT molecular complexity index is 1570. The number of nitrogens with one attached hydrogen (secondary N) is 2. The van der Waals surface area contributed by atoms with Crippen LogP contribution in [-0.4, -0.2) is 43.6 Å². The normalized spacial score (nSPS) is 20.2. The van der Waals surface area contributed by atoms with Crippen molar-refractivity contribution in [2.45, 2.75) is 51.1 Å². The number of nitrogens with zero attached hydrogens (tertiary/aromatic N) is 4. The summed E-state index contributed by atoms with van der Waals surface area (Å²) in [5.41, 5.74) is 8.50. The van der Waals surface area contributed by atoms with E-state index in [2.05, 4.69) is 27.2 Å². The minimum absolute atomic E-state index is 0.107. The number of likely N-dealkylation sites (tertiary alicyclic amines) is 1. The summed E-state index contributed by atoms with van der Waals surface area (Å²) in [6.07, 6.45) is 6.17. The molecule has 2 unspecified atom stereocenters. The molecule has 2 atom stereocenters. The number of halogens is 1. The summed E-state index contributed by atoms with van der Waals surface area (Å²) in [5.74, 6) is 0.333. The van der Waals surface area contributed by atoms with Crippen molar-refractivity contribution < 1.29 is 9.18 Å². The summed E-state index contributed by atoms with van der Waals surface area (Å²) in [6.45, 7) is 4.55. The first-order chi connectivity index (χ1) is 18.9. The molecule has 2 fully saturated rings. The molecule has 4 N–H and O–H groups in total. The summed E-state index contributed by atoms with van der Waals surface area (Å²) in [7, 11) is 0. The number of benzene rings is 2. The lowest BCUT2D eigenvalue weighted by Gasteiger charge is -2.17. The molecule has 2 aromatic carbocycles. The third-order valence-electron chi connectivity index (χ3n) is 8.08. The molecule has 4 aromatic rings. The first-order valence-corrected chi connectivity index (χ1v) is 13.5. The van der Waals surface area contributed by atoms with Crippen LogP contribution in [0.2, 0.25) is 0 Å². The van der Waals surface area contributed by atoms with Crippen LogP contribution >= 0.6 is 0 Å². The second kappa shape index (κ2) is 10.3. The van der Waals surface area contributed by atoms with Gasteiger partial charge in [0.15, 0.2) is 5.65 Å². The highest BCUT2D eigenvalue weighted by atomic mass is 19.1. The maximum absolute atomic E-state index is 13.5. The second-order valence-electron chi connectivity index (χ2n) is 10.9. The molecule has 0 bridgehead atoms. The maximum Gasteiger partial charge on any atom is 0.262 e. The van der Waals surface area contributed by atoms with E-state index >= 15 is 0 Å². The SMILES string of the molecule is CC1CN(Cc2ccc(C(=O)Nc3cc(F)ccc3N)cc2)CC1c1nc2c(cnn2C2CCCC2)c(=O)[nH]1. The number of carbonyl (C=O) groups excluding carboxylic acids is 1. The summed E-state index contributed by atoms with van der Waals surface area (Å²) in [5, 5.41) is 7.74. The molecule has 2 aromatic heterocycles. The Morgan fingerprint density at radius 2 is 1.92 bits per heavy atom. The fraction of sp³-hybridized carbons (Fsp3) is 0.379. The number of nitrogens with two attached hydrogens (primary N) is 1. The number of carbonyl (C=O) groups is 1. The van der Waals surface area contributed by atoms with Gasteiger partial charge in [-0.25, -0.2) is 14.1 Å². The third kappa shape index (κ3) is 5.04. The highest BCUT2D eigenvalue weighted by Gasteiger charge is 2.33. The molecule has 39 heavy (non-hydrogen) atoms. The van der Waals surface area contributed by atoms with Crippen LogP contribution < -0.4 is 16.6 Å². The molecule has 9 nitrogen and oxygen atoms in total. The average molecular weight is 530 g/mol. The highest BCUT2D eigenvalue weighted by molar-refractivity contribution is 6.05. The molecule has 1 aliphatic carbocycles. The molecule has 1 amide bonds. The van der Waals surface area contributed by atoms with Crippen LogP contribution in [0, 0.1) is 11.7 Å². The van der Waals surface area contributed by atoms with Crippen LogP contribution in [0.25, 0.3) is 11.0 Å². The van der Waals surface area contributed by atoms with E-state index in [-0.39, 0.29) is 23.1 Å². The average Bonchev–Trinajstić information content (AvgIpc) is 3.67. The number of aromatic nitrogens is 4. The first-order valence-electron chi connectivity index (χ1n) is 13.5. The third-order valence-corrected chi connectivity index (χ3v) is 8.08. The lowest BCUT2D eigenvalue weighted by molar-refractivity contribution is 0.102. The smallest absolute Gasteiger partial charge is 0.262 e. The van der Waals surface area contributed by atoms with Gasteiger partial charge in [0.05, 0.1) is 23.6 Å². The largest absolute Gasteiger partial charge is 0.397 e. The van der Waals surface area contributed by atoms with E-state index in [1.165, 1.54) is 31.0 Å². The molecule has 1 aliphatic heterocycles. The van der Waals surface area contributed by atoms with Gasteiger partial charge in [-0.3, -0.25) is 14.5 Å². The van der Waals surface area contributed by atoms with E-state index in [1.807, 2.05) is 16.8 Å². The number of anilines is 2. The van der Waals surface area contributed by atoms with Gasteiger partial charge >= 0.3 is 0 Å². The Hall–Kier alpha value is -4.05. The number of rotatable bonds is 6. The molecule has 1 saturated heterocycles. The van der Waals surface area contributed by atoms with Gasteiger partial charge in [0, 0.05) is 31.1 Å². The molecule has 1 saturated carbocycles. The predicted octanol–water partition coefficient (Wildman–Crippen LogP) is 4.44. The van der Waals surface area contributed by atoms with E-state index in [9.17, 15) is 14.0 Å². The molecule has 0 spiro atoms. The van der Waals surface area contributed by atoms with Gasteiger partial charge in [-0.2, -0.15) is 5.10 Å². The maximum atomic E-state index is 13.5. The monoisotopic (exact) mass is 529 g/mol. The van der Waals surface area contributed by atoms with E-state index in [4.69, 9.17) is 10.7 Å². The topological polar surface area (TPSA) is 122 Å². The molecule has 6 rings (SSSR count). The molecule has 0 radical (unpaired) electrons. The van der Waals surface area contributed by atoms with Crippen molar-refractivity contribution in [3.05, 3.63) is 81.8 Å². The van der Waals surface area contributed by atoms with Gasteiger partial charge in [0.2, 0.25) is 0 Å². The fourth-order valence-electron chi connectivity index (χ4n) is 5.95. The number of nitrogen functional groups attached to an aromatic ring is 1. The van der Waals surface area contributed by atoms with Gasteiger partial charge in [0.1, 0.15) is 17.0 Å². The summed E-state index contributed by atoms with van der Waals surface area (Å²) in [6, 6.07) is 11.6.